The maximum atomic E-state index is 6.17. The number of rotatable bonds is 1. The molecule has 0 radical (unpaired) electrons. The number of fused-ring (bicyclic) bond motifs is 1. The molecule has 0 aliphatic heterocycles. The summed E-state index contributed by atoms with van der Waals surface area (Å²) in [7, 11) is 0. The topological polar surface area (TPSA) is 25.8 Å². The van der Waals surface area contributed by atoms with Gasteiger partial charge in [0.25, 0.3) is 0 Å². The molecule has 6 heteroatoms. The van der Waals surface area contributed by atoms with E-state index in [-0.39, 0.29) is 0 Å². The Labute approximate surface area is 126 Å². The van der Waals surface area contributed by atoms with Crippen molar-refractivity contribution in [3.8, 4) is 11.4 Å². The van der Waals surface area contributed by atoms with Crippen LogP contribution < -0.4 is 0 Å². The highest BCUT2D eigenvalue weighted by Gasteiger charge is 2.09. The molecule has 0 spiro atoms. The van der Waals surface area contributed by atoms with Crippen molar-refractivity contribution in [2.45, 2.75) is 0 Å². The predicted octanol–water partition coefficient (Wildman–Crippen LogP) is 5.43. The minimum atomic E-state index is 0.439. The van der Waals surface area contributed by atoms with Crippen LogP contribution in [0, 0.1) is 0 Å². The van der Waals surface area contributed by atoms with Crippen molar-refractivity contribution in [2.24, 2.45) is 0 Å². The standard InChI is InChI=1S/C12H5BrCl2N2S/c13-10-3-6(5-18-10)12-16-9-4-7(14)1-2-8(9)11(15)17-12/h1-5H. The molecule has 3 rings (SSSR count). The molecule has 18 heavy (non-hydrogen) atoms. The fraction of sp³-hybridized carbons (Fsp3) is 0. The van der Waals surface area contributed by atoms with Crippen molar-refractivity contribution in [3.63, 3.8) is 0 Å². The first kappa shape index (κ1) is 12.4. The van der Waals surface area contributed by atoms with Gasteiger partial charge in [-0.1, -0.05) is 23.2 Å². The first-order valence-electron chi connectivity index (χ1n) is 5.01. The fourth-order valence-corrected chi connectivity index (χ4v) is 3.16. The lowest BCUT2D eigenvalue weighted by Gasteiger charge is -2.03. The molecule has 90 valence electrons. The van der Waals surface area contributed by atoms with E-state index in [1.54, 1.807) is 23.5 Å². The Hall–Kier alpha value is -0.680. The zero-order valence-electron chi connectivity index (χ0n) is 8.82. The monoisotopic (exact) mass is 358 g/mol. The third-order valence-electron chi connectivity index (χ3n) is 2.44. The number of benzene rings is 1. The van der Waals surface area contributed by atoms with Gasteiger partial charge in [0.2, 0.25) is 0 Å². The van der Waals surface area contributed by atoms with Crippen molar-refractivity contribution < 1.29 is 0 Å². The van der Waals surface area contributed by atoms with Gasteiger partial charge in [-0.05, 0) is 40.2 Å². The molecule has 3 aromatic rings. The van der Waals surface area contributed by atoms with Crippen LogP contribution in [0.5, 0.6) is 0 Å². The Bertz CT molecular complexity index is 742. The van der Waals surface area contributed by atoms with E-state index in [0.29, 0.717) is 16.0 Å². The molecule has 0 saturated carbocycles. The molecule has 2 heterocycles. The molecular weight excluding hydrogens is 355 g/mol. The molecule has 0 aliphatic carbocycles. The Kier molecular flexibility index (Phi) is 3.28. The molecule has 0 unspecified atom stereocenters. The van der Waals surface area contributed by atoms with Crippen LogP contribution in [-0.2, 0) is 0 Å². The highest BCUT2D eigenvalue weighted by atomic mass is 79.9. The maximum absolute atomic E-state index is 6.17. The molecule has 0 fully saturated rings. The number of nitrogens with zero attached hydrogens (tertiary/aromatic N) is 2. The van der Waals surface area contributed by atoms with E-state index in [0.717, 1.165) is 20.3 Å². The molecule has 0 N–H and O–H groups in total. The van der Waals surface area contributed by atoms with E-state index in [1.807, 2.05) is 17.5 Å². The minimum absolute atomic E-state index is 0.439. The molecule has 0 amide bonds. The van der Waals surface area contributed by atoms with Crippen molar-refractivity contribution in [1.29, 1.82) is 0 Å². The van der Waals surface area contributed by atoms with Gasteiger partial charge in [0.1, 0.15) is 5.15 Å². The van der Waals surface area contributed by atoms with Gasteiger partial charge in [-0.25, -0.2) is 9.97 Å². The minimum Gasteiger partial charge on any atom is -0.228 e. The lowest BCUT2D eigenvalue weighted by atomic mass is 10.2. The average molecular weight is 360 g/mol. The summed E-state index contributed by atoms with van der Waals surface area (Å²) in [6.45, 7) is 0. The molecule has 2 aromatic heterocycles. The van der Waals surface area contributed by atoms with Crippen LogP contribution in [-0.4, -0.2) is 9.97 Å². The molecular formula is C12H5BrCl2N2S. The largest absolute Gasteiger partial charge is 0.228 e. The maximum Gasteiger partial charge on any atom is 0.162 e. The second kappa shape index (κ2) is 4.78. The summed E-state index contributed by atoms with van der Waals surface area (Å²) in [6.07, 6.45) is 0. The summed E-state index contributed by atoms with van der Waals surface area (Å²) in [5.41, 5.74) is 1.69. The first-order chi connectivity index (χ1) is 8.63. The predicted molar refractivity (Wildman–Crippen MR) is 80.6 cm³/mol. The molecule has 0 bridgehead atoms. The van der Waals surface area contributed by atoms with Crippen LogP contribution in [0.3, 0.4) is 0 Å². The van der Waals surface area contributed by atoms with E-state index in [2.05, 4.69) is 25.9 Å². The van der Waals surface area contributed by atoms with E-state index < -0.39 is 0 Å². The molecule has 0 atom stereocenters. The SMILES string of the molecule is Clc1ccc2c(Cl)nc(-c3csc(Br)c3)nc2c1. The summed E-state index contributed by atoms with van der Waals surface area (Å²) < 4.78 is 1.03. The van der Waals surface area contributed by atoms with Crippen LogP contribution in [0.1, 0.15) is 0 Å². The third kappa shape index (κ3) is 2.26. The van der Waals surface area contributed by atoms with E-state index in [4.69, 9.17) is 23.2 Å². The molecule has 0 aliphatic rings. The normalized spacial score (nSPS) is 11.1. The zero-order chi connectivity index (χ0) is 12.7. The number of thiophene rings is 1. The molecule has 1 aromatic carbocycles. The van der Waals surface area contributed by atoms with Gasteiger partial charge < -0.3 is 0 Å². The number of hydrogen-bond donors (Lipinski definition) is 0. The Balaban J connectivity index is 2.26. The van der Waals surface area contributed by atoms with Gasteiger partial charge in [-0.3, -0.25) is 0 Å². The summed E-state index contributed by atoms with van der Waals surface area (Å²) in [5.74, 6) is 0.608. The smallest absolute Gasteiger partial charge is 0.162 e. The molecule has 0 saturated heterocycles. The van der Waals surface area contributed by atoms with Crippen molar-refractivity contribution in [1.82, 2.24) is 9.97 Å². The van der Waals surface area contributed by atoms with E-state index >= 15 is 0 Å². The second-order valence-corrected chi connectivity index (χ2v) is 6.72. The summed E-state index contributed by atoms with van der Waals surface area (Å²) >= 11 is 17.1. The Morgan fingerprint density at radius 1 is 1.11 bits per heavy atom. The summed E-state index contributed by atoms with van der Waals surface area (Å²) in [4.78, 5) is 8.80. The van der Waals surface area contributed by atoms with Gasteiger partial charge >= 0.3 is 0 Å². The van der Waals surface area contributed by atoms with Gasteiger partial charge in [-0.15, -0.1) is 11.3 Å². The summed E-state index contributed by atoms with van der Waals surface area (Å²) in [6, 6.07) is 7.36. The van der Waals surface area contributed by atoms with Gasteiger partial charge in [0.05, 0.1) is 9.30 Å². The van der Waals surface area contributed by atoms with Gasteiger partial charge in [-0.2, -0.15) is 0 Å². The summed E-state index contributed by atoms with van der Waals surface area (Å²) in [5, 5.41) is 3.86. The quantitative estimate of drug-likeness (QED) is 0.541. The van der Waals surface area contributed by atoms with Crippen LogP contribution in [0.4, 0.5) is 0 Å². The van der Waals surface area contributed by atoms with Crippen LogP contribution in [0.15, 0.2) is 33.4 Å². The number of aromatic nitrogens is 2. The second-order valence-electron chi connectivity index (χ2n) is 3.64. The number of hydrogen-bond acceptors (Lipinski definition) is 3. The average Bonchev–Trinajstić information content (AvgIpc) is 2.75. The highest BCUT2D eigenvalue weighted by Crippen LogP contribution is 2.30. The van der Waals surface area contributed by atoms with Crippen molar-refractivity contribution in [3.05, 3.63) is 43.6 Å². The van der Waals surface area contributed by atoms with Gasteiger partial charge in [0.15, 0.2) is 5.82 Å². The Morgan fingerprint density at radius 2 is 1.94 bits per heavy atom. The van der Waals surface area contributed by atoms with Crippen LogP contribution in [0.2, 0.25) is 10.2 Å². The highest BCUT2D eigenvalue weighted by molar-refractivity contribution is 9.11. The first-order valence-corrected chi connectivity index (χ1v) is 7.43. The number of halogens is 3. The van der Waals surface area contributed by atoms with Crippen LogP contribution >= 0.6 is 50.5 Å². The lowest BCUT2D eigenvalue weighted by Crippen LogP contribution is -1.90. The van der Waals surface area contributed by atoms with Crippen molar-refractivity contribution in [2.75, 3.05) is 0 Å². The fourth-order valence-electron chi connectivity index (χ4n) is 1.62. The van der Waals surface area contributed by atoms with Crippen molar-refractivity contribution >= 4 is 61.4 Å². The lowest BCUT2D eigenvalue weighted by molar-refractivity contribution is 1.23. The third-order valence-corrected chi connectivity index (χ3v) is 4.47. The van der Waals surface area contributed by atoms with E-state index in [9.17, 15) is 0 Å². The van der Waals surface area contributed by atoms with E-state index in [1.165, 1.54) is 0 Å². The molecule has 2 nitrogen and oxygen atoms in total. The van der Waals surface area contributed by atoms with Gasteiger partial charge in [0, 0.05) is 21.4 Å². The van der Waals surface area contributed by atoms with Crippen LogP contribution in [0.25, 0.3) is 22.3 Å². The zero-order valence-corrected chi connectivity index (χ0v) is 12.7. The Morgan fingerprint density at radius 3 is 2.67 bits per heavy atom.